The molecule has 7 nitrogen and oxygen atoms in total. The van der Waals surface area contributed by atoms with Crippen LogP contribution in [0.5, 0.6) is 0 Å². The Morgan fingerprint density at radius 1 is 1.21 bits per heavy atom. The van der Waals surface area contributed by atoms with Gasteiger partial charge in [-0.3, -0.25) is 19.3 Å². The van der Waals surface area contributed by atoms with Gasteiger partial charge in [0.05, 0.1) is 29.7 Å². The lowest BCUT2D eigenvalue weighted by Crippen LogP contribution is -2.30. The van der Waals surface area contributed by atoms with E-state index in [2.05, 4.69) is 15.4 Å². The fraction of sp³-hybridized carbons (Fsp3) is 0.238. The van der Waals surface area contributed by atoms with Gasteiger partial charge in [-0.1, -0.05) is 24.3 Å². The highest BCUT2D eigenvalue weighted by Crippen LogP contribution is 2.37. The van der Waals surface area contributed by atoms with Gasteiger partial charge in [0.2, 0.25) is 11.8 Å². The Labute approximate surface area is 173 Å². The zero-order valence-electron chi connectivity index (χ0n) is 15.9. The summed E-state index contributed by atoms with van der Waals surface area (Å²) in [6, 6.07) is 13.5. The van der Waals surface area contributed by atoms with Gasteiger partial charge in [-0.25, -0.2) is 0 Å². The van der Waals surface area contributed by atoms with E-state index in [0.717, 1.165) is 10.5 Å². The van der Waals surface area contributed by atoms with Crippen LogP contribution < -0.4 is 5.32 Å². The first-order chi connectivity index (χ1) is 14.1. The lowest BCUT2D eigenvalue weighted by molar-refractivity contribution is -0.127. The number of anilines is 1. The Balaban J connectivity index is 1.42. The Bertz CT molecular complexity index is 993. The second-order valence-corrected chi connectivity index (χ2v) is 7.91. The zero-order chi connectivity index (χ0) is 20.2. The summed E-state index contributed by atoms with van der Waals surface area (Å²) in [4.78, 5) is 32.1. The normalized spacial score (nSPS) is 18.8. The highest BCUT2D eigenvalue weighted by atomic mass is 32.2. The molecule has 1 aliphatic rings. The smallest absolute Gasteiger partial charge is 0.230 e. The second kappa shape index (κ2) is 8.48. The molecule has 3 aromatic rings. The van der Waals surface area contributed by atoms with Gasteiger partial charge in [0.15, 0.2) is 0 Å². The lowest BCUT2D eigenvalue weighted by Gasteiger charge is -2.24. The van der Waals surface area contributed by atoms with E-state index in [4.69, 9.17) is 0 Å². The van der Waals surface area contributed by atoms with Gasteiger partial charge in [-0.05, 0) is 23.8 Å². The van der Waals surface area contributed by atoms with Crippen LogP contribution >= 0.6 is 11.8 Å². The molecule has 0 saturated carbocycles. The number of thioether (sulfide) groups is 1. The van der Waals surface area contributed by atoms with Crippen LogP contribution in [0.1, 0.15) is 18.0 Å². The molecule has 2 atom stereocenters. The minimum atomic E-state index is -0.473. The molecule has 0 bridgehead atoms. The van der Waals surface area contributed by atoms with Gasteiger partial charge in [0, 0.05) is 37.0 Å². The number of pyridine rings is 1. The van der Waals surface area contributed by atoms with Crippen LogP contribution in [0.3, 0.4) is 0 Å². The summed E-state index contributed by atoms with van der Waals surface area (Å²) in [5, 5.41) is 7.22. The highest BCUT2D eigenvalue weighted by Gasteiger charge is 2.42. The number of aromatic nitrogens is 3. The molecule has 2 amide bonds. The summed E-state index contributed by atoms with van der Waals surface area (Å²) in [5.74, 6) is -0.0671. The lowest BCUT2D eigenvalue weighted by atomic mass is 9.94. The van der Waals surface area contributed by atoms with Crippen molar-refractivity contribution in [1.82, 2.24) is 19.7 Å². The first-order valence-corrected chi connectivity index (χ1v) is 10.3. The topological polar surface area (TPSA) is 80.1 Å². The molecule has 2 aromatic heterocycles. The number of carbonyl (C=O) groups is 2. The number of nitrogens with zero attached hydrogens (tertiary/aromatic N) is 4. The predicted molar refractivity (Wildman–Crippen MR) is 111 cm³/mol. The maximum Gasteiger partial charge on any atom is 0.230 e. The number of amides is 2. The number of rotatable bonds is 6. The third kappa shape index (κ3) is 4.32. The molecule has 1 saturated heterocycles. The maximum absolute atomic E-state index is 12.9. The van der Waals surface area contributed by atoms with Crippen molar-refractivity contribution in [2.75, 3.05) is 12.4 Å². The second-order valence-electron chi connectivity index (χ2n) is 6.89. The molecular formula is C21H21N5O2S. The molecule has 1 aliphatic heterocycles. The molecule has 0 unspecified atom stereocenters. The van der Waals surface area contributed by atoms with E-state index in [0.29, 0.717) is 11.6 Å². The van der Waals surface area contributed by atoms with Crippen molar-refractivity contribution in [2.24, 2.45) is 5.92 Å². The number of likely N-dealkylation sites (tertiary alicyclic amines) is 1. The van der Waals surface area contributed by atoms with Crippen molar-refractivity contribution in [3.8, 4) is 0 Å². The van der Waals surface area contributed by atoms with E-state index in [1.54, 1.807) is 53.2 Å². The Morgan fingerprint density at radius 3 is 2.79 bits per heavy atom. The summed E-state index contributed by atoms with van der Waals surface area (Å²) in [6.07, 6.45) is 6.99. The molecule has 0 radical (unpaired) electrons. The van der Waals surface area contributed by atoms with Crippen molar-refractivity contribution in [3.63, 3.8) is 0 Å². The molecule has 1 aromatic carbocycles. The molecule has 1 N–H and O–H groups in total. The molecule has 1 fully saturated rings. The van der Waals surface area contributed by atoms with E-state index >= 15 is 0 Å². The summed E-state index contributed by atoms with van der Waals surface area (Å²) in [6.45, 7) is 0. The maximum atomic E-state index is 12.9. The fourth-order valence-corrected chi connectivity index (χ4v) is 4.27. The van der Waals surface area contributed by atoms with Gasteiger partial charge in [-0.2, -0.15) is 5.10 Å². The van der Waals surface area contributed by atoms with E-state index < -0.39 is 5.92 Å². The summed E-state index contributed by atoms with van der Waals surface area (Å²) >= 11 is 1.66. The third-order valence-electron chi connectivity index (χ3n) is 4.96. The van der Waals surface area contributed by atoms with Crippen LogP contribution in [0, 0.1) is 5.92 Å². The molecule has 0 spiro atoms. The van der Waals surface area contributed by atoms with Crippen molar-refractivity contribution in [1.29, 1.82) is 0 Å². The number of benzene rings is 1. The predicted octanol–water partition coefficient (Wildman–Crippen LogP) is 3.19. The summed E-state index contributed by atoms with van der Waals surface area (Å²) in [7, 11) is 1.73. The minimum Gasteiger partial charge on any atom is -0.338 e. The molecular weight excluding hydrogens is 386 g/mol. The van der Waals surface area contributed by atoms with Crippen molar-refractivity contribution < 1.29 is 9.59 Å². The van der Waals surface area contributed by atoms with E-state index in [9.17, 15) is 9.59 Å². The third-order valence-corrected chi connectivity index (χ3v) is 5.96. The first kappa shape index (κ1) is 19.2. The van der Waals surface area contributed by atoms with Crippen molar-refractivity contribution in [3.05, 3.63) is 72.8 Å². The van der Waals surface area contributed by atoms with Gasteiger partial charge >= 0.3 is 0 Å². The Hall–Kier alpha value is -3.13. The van der Waals surface area contributed by atoms with E-state index in [1.807, 2.05) is 42.5 Å². The van der Waals surface area contributed by atoms with E-state index in [1.165, 1.54) is 0 Å². The Kier molecular flexibility index (Phi) is 5.62. The zero-order valence-corrected chi connectivity index (χ0v) is 16.7. The molecule has 3 heterocycles. The first-order valence-electron chi connectivity index (χ1n) is 9.28. The van der Waals surface area contributed by atoms with E-state index in [-0.39, 0.29) is 24.3 Å². The van der Waals surface area contributed by atoms with Crippen molar-refractivity contribution in [2.45, 2.75) is 23.2 Å². The average molecular weight is 407 g/mol. The van der Waals surface area contributed by atoms with Crippen LogP contribution in [-0.2, 0) is 15.5 Å². The summed E-state index contributed by atoms with van der Waals surface area (Å²) in [5.41, 5.74) is 1.48. The van der Waals surface area contributed by atoms with Gasteiger partial charge in [0.25, 0.3) is 0 Å². The van der Waals surface area contributed by atoms with Gasteiger partial charge in [0.1, 0.15) is 0 Å². The van der Waals surface area contributed by atoms with Crippen LogP contribution in [0.15, 0.2) is 72.1 Å². The Morgan fingerprint density at radius 2 is 2.03 bits per heavy atom. The minimum absolute atomic E-state index is 0.0473. The number of carbonyl (C=O) groups excluding carboxylic acids is 2. The SMILES string of the molecule is CN1C(=O)C[C@@H](C(=O)Nc2cnn(CSc3ccccc3)c2)[C@@H]1c1cccnc1. The molecule has 8 heteroatoms. The van der Waals surface area contributed by atoms with Crippen LogP contribution in [-0.4, -0.2) is 38.5 Å². The number of nitrogens with one attached hydrogen (secondary N) is 1. The van der Waals surface area contributed by atoms with Crippen LogP contribution in [0.25, 0.3) is 0 Å². The molecule has 148 valence electrons. The van der Waals surface area contributed by atoms with Gasteiger partial charge < -0.3 is 10.2 Å². The van der Waals surface area contributed by atoms with Gasteiger partial charge in [-0.15, -0.1) is 11.8 Å². The standard InChI is InChI=1S/C21H21N5O2S/c1-25-19(27)10-18(20(25)15-6-5-9-22-11-15)21(28)24-16-12-23-26(13-16)14-29-17-7-3-2-4-8-17/h2-9,11-13,18,20H,10,14H2,1H3,(H,24,28)/t18-,20+/m1/s1. The number of hydrogen-bond acceptors (Lipinski definition) is 5. The molecule has 29 heavy (non-hydrogen) atoms. The monoisotopic (exact) mass is 407 g/mol. The highest BCUT2D eigenvalue weighted by molar-refractivity contribution is 7.98. The van der Waals surface area contributed by atoms with Crippen LogP contribution in [0.4, 0.5) is 5.69 Å². The van der Waals surface area contributed by atoms with Crippen molar-refractivity contribution >= 4 is 29.3 Å². The number of hydrogen-bond donors (Lipinski definition) is 1. The fourth-order valence-electron chi connectivity index (χ4n) is 3.50. The average Bonchev–Trinajstić information content (AvgIpc) is 3.32. The molecule has 4 rings (SSSR count). The van der Waals surface area contributed by atoms with Crippen LogP contribution in [0.2, 0.25) is 0 Å². The summed E-state index contributed by atoms with van der Waals surface area (Å²) < 4.78 is 1.78. The largest absolute Gasteiger partial charge is 0.338 e. The quantitative estimate of drug-likeness (QED) is 0.635. The molecule has 0 aliphatic carbocycles.